The van der Waals surface area contributed by atoms with Crippen molar-refractivity contribution in [3.63, 3.8) is 0 Å². The van der Waals surface area contributed by atoms with Gasteiger partial charge < -0.3 is 82.2 Å². The number of oxime groups is 2. The second kappa shape index (κ2) is 29.3. The fourth-order valence-electron chi connectivity index (χ4n) is 8.26. The van der Waals surface area contributed by atoms with Gasteiger partial charge in [0.1, 0.15) is 34.2 Å². The SMILES string of the molecule is Nc1nc(/C(=N/OCC(=O)O)C(=O)N[C@@H]2C(=O)N3C(C(=O)[O-])=C(CSc4cc(=O)c5cc(O)c(O)cc5s4)CS[C@H]23)cs1.Nc1nc(/C(=N/OCC(=O)O)C(=O)N[C@@H]2C(=O)N3C(C(=O)[O-])=C(CSc4cc(=O)c5cc(O)c(O)cc5s4)CS[C@H]23)cs1.[Na+].[Na+]. The Morgan fingerprint density at radius 3 is 1.31 bits per heavy atom. The maximum Gasteiger partial charge on any atom is 1.00 e. The minimum Gasteiger partial charge on any atom is -0.543 e. The summed E-state index contributed by atoms with van der Waals surface area (Å²) in [5.41, 5.74) is 9.62. The van der Waals surface area contributed by atoms with E-state index in [9.17, 15) is 78.6 Å². The molecule has 30 nitrogen and oxygen atoms in total. The Kier molecular flexibility index (Phi) is 22.9. The third-order valence-electron chi connectivity index (χ3n) is 12.1. The topological polar surface area (TPSA) is 490 Å². The summed E-state index contributed by atoms with van der Waals surface area (Å²) in [6.45, 7) is -1.68. The number of thioether (sulfide) groups is 4. The number of carboxylic acid groups (broad SMARTS) is 4. The summed E-state index contributed by atoms with van der Waals surface area (Å²) < 4.78 is 1.87. The molecule has 0 aliphatic carbocycles. The molecule has 88 heavy (non-hydrogen) atoms. The Hall–Kier alpha value is -6.66. The van der Waals surface area contributed by atoms with Gasteiger partial charge in [0.15, 0.2) is 55.5 Å². The molecule has 2 saturated heterocycles. The van der Waals surface area contributed by atoms with E-state index in [4.69, 9.17) is 21.7 Å². The molecular weight excluding hydrogens is 1340 g/mol. The first-order chi connectivity index (χ1) is 40.9. The molecule has 40 heteroatoms. The maximum atomic E-state index is 13.1. The number of fused-ring (bicyclic) bond motifs is 4. The molecule has 4 amide bonds. The van der Waals surface area contributed by atoms with Gasteiger partial charge in [0.25, 0.3) is 23.6 Å². The molecule has 0 bridgehead atoms. The van der Waals surface area contributed by atoms with Gasteiger partial charge in [-0.3, -0.25) is 38.6 Å². The number of β-lactam (4-membered cyclic amide) rings is 2. The van der Waals surface area contributed by atoms with Gasteiger partial charge in [0, 0.05) is 78.2 Å². The number of aromatic hydroxyl groups is 4. The van der Waals surface area contributed by atoms with Crippen LogP contribution in [0.3, 0.4) is 0 Å². The second-order valence-corrected chi connectivity index (χ2v) is 26.4. The largest absolute Gasteiger partial charge is 1.00 e. The first kappa shape index (κ1) is 68.8. The number of aliphatic carboxylic acids is 4. The predicted molar refractivity (Wildman–Crippen MR) is 312 cm³/mol. The number of amides is 4. The zero-order chi connectivity index (χ0) is 62.0. The van der Waals surface area contributed by atoms with Gasteiger partial charge in [-0.2, -0.15) is 0 Å². The molecule has 12 N–H and O–H groups in total. The van der Waals surface area contributed by atoms with E-state index in [0.717, 1.165) is 78.7 Å². The molecule has 4 atom stereocenters. The number of carbonyl (C=O) groups excluding carboxylic acids is 6. The summed E-state index contributed by atoms with van der Waals surface area (Å²) in [4.78, 5) is 142. The van der Waals surface area contributed by atoms with Crippen LogP contribution in [-0.4, -0.2) is 168 Å². The Labute approximate surface area is 568 Å². The van der Waals surface area contributed by atoms with Crippen molar-refractivity contribution in [2.75, 3.05) is 47.7 Å². The van der Waals surface area contributed by atoms with Gasteiger partial charge in [-0.15, -0.1) is 92.4 Å². The van der Waals surface area contributed by atoms with Crippen molar-refractivity contribution in [2.24, 2.45) is 10.3 Å². The van der Waals surface area contributed by atoms with Crippen molar-refractivity contribution in [3.8, 4) is 23.0 Å². The molecule has 6 aromatic rings. The fourth-order valence-corrected chi connectivity index (χ4v) is 16.8. The molecule has 4 aliphatic heterocycles. The van der Waals surface area contributed by atoms with Gasteiger partial charge in [-0.25, -0.2) is 19.6 Å². The number of hydrogen-bond acceptors (Lipinski definition) is 32. The molecule has 448 valence electrons. The van der Waals surface area contributed by atoms with Crippen LogP contribution in [0.4, 0.5) is 10.3 Å². The molecule has 4 aliphatic rings. The number of anilines is 2. The Balaban J connectivity index is 0.000000245. The second-order valence-electron chi connectivity index (χ2n) is 17.7. The molecule has 4 aromatic heterocycles. The number of benzene rings is 2. The van der Waals surface area contributed by atoms with E-state index in [0.29, 0.717) is 29.0 Å². The number of rotatable bonds is 20. The smallest absolute Gasteiger partial charge is 0.543 e. The maximum absolute atomic E-state index is 13.1. The number of thiazole rings is 2. The van der Waals surface area contributed by atoms with Crippen LogP contribution in [0.2, 0.25) is 0 Å². The van der Waals surface area contributed by atoms with E-state index in [-0.39, 0.29) is 137 Å². The Morgan fingerprint density at radius 1 is 0.614 bits per heavy atom. The number of nitrogens with zero attached hydrogens (tertiary/aromatic N) is 6. The minimum atomic E-state index is -1.59. The molecule has 2 fully saturated rings. The van der Waals surface area contributed by atoms with Crippen molar-refractivity contribution in [1.29, 1.82) is 0 Å². The predicted octanol–water partition coefficient (Wildman–Crippen LogP) is -6.57. The molecule has 0 saturated carbocycles. The number of carbonyl (C=O) groups is 8. The van der Waals surface area contributed by atoms with Gasteiger partial charge in [0.05, 0.1) is 31.8 Å². The van der Waals surface area contributed by atoms with Crippen molar-refractivity contribution >= 4 is 182 Å². The summed E-state index contributed by atoms with van der Waals surface area (Å²) in [7, 11) is 0. The van der Waals surface area contributed by atoms with E-state index in [1.807, 2.05) is 0 Å². The molecular formula is C48H36N10Na2O20S8. The summed E-state index contributed by atoms with van der Waals surface area (Å²) in [6, 6.07) is 5.25. The average molecular weight is 1380 g/mol. The van der Waals surface area contributed by atoms with Gasteiger partial charge in [-0.05, 0) is 23.3 Å². The monoisotopic (exact) mass is 1370 g/mol. The number of carboxylic acids is 4. The number of nitrogen functional groups attached to an aromatic ring is 2. The molecule has 0 unspecified atom stereocenters. The zero-order valence-electron chi connectivity index (χ0n) is 44.7. The van der Waals surface area contributed by atoms with Gasteiger partial charge in [-0.1, -0.05) is 10.3 Å². The average Bonchev–Trinajstić information content (AvgIpc) is 0.918. The third kappa shape index (κ3) is 15.1. The van der Waals surface area contributed by atoms with Crippen LogP contribution in [0.15, 0.2) is 98.0 Å². The number of nitrogens with two attached hydrogens (primary N) is 2. The molecule has 0 spiro atoms. The molecule has 2 aromatic carbocycles. The molecule has 10 rings (SSSR count). The number of phenols is 4. The van der Waals surface area contributed by atoms with Crippen LogP contribution in [0.1, 0.15) is 11.4 Å². The Morgan fingerprint density at radius 2 is 0.977 bits per heavy atom. The van der Waals surface area contributed by atoms with Crippen LogP contribution in [-0.2, 0) is 48.0 Å². The summed E-state index contributed by atoms with van der Waals surface area (Å²) in [5.74, 6) is -10.2. The summed E-state index contributed by atoms with van der Waals surface area (Å²) in [6.07, 6.45) is 0. The van der Waals surface area contributed by atoms with Crippen molar-refractivity contribution in [3.05, 3.63) is 102 Å². The first-order valence-electron chi connectivity index (χ1n) is 23.8. The number of nitrogens with one attached hydrogen (secondary N) is 2. The Bertz CT molecular complexity index is 3880. The summed E-state index contributed by atoms with van der Waals surface area (Å²) >= 11 is 9.02. The van der Waals surface area contributed by atoms with Crippen LogP contribution >= 0.6 is 92.4 Å². The van der Waals surface area contributed by atoms with E-state index in [2.05, 4.69) is 40.6 Å². The quantitative estimate of drug-likeness (QED) is 0.00848. The van der Waals surface area contributed by atoms with E-state index < -0.39 is 117 Å². The number of phenolic OH excluding ortho intramolecular Hbond substituents is 4. The van der Waals surface area contributed by atoms with Crippen LogP contribution in [0.5, 0.6) is 23.0 Å². The summed E-state index contributed by atoms with van der Waals surface area (Å²) in [5, 5.41) is 94.7. The normalized spacial score (nSPS) is 17.9. The van der Waals surface area contributed by atoms with Crippen LogP contribution in [0, 0.1) is 0 Å². The third-order valence-corrected chi connectivity index (χ3v) is 20.9. The van der Waals surface area contributed by atoms with E-state index in [1.54, 1.807) is 0 Å². The zero-order valence-corrected chi connectivity index (χ0v) is 55.2. The minimum absolute atomic E-state index is 0. The number of hydrogen-bond donors (Lipinski definition) is 10. The van der Waals surface area contributed by atoms with Crippen molar-refractivity contribution in [1.82, 2.24) is 30.4 Å². The van der Waals surface area contributed by atoms with Crippen molar-refractivity contribution < 1.29 is 148 Å². The molecule has 8 heterocycles. The van der Waals surface area contributed by atoms with E-state index in [1.165, 1.54) is 70.7 Å². The van der Waals surface area contributed by atoms with E-state index >= 15 is 0 Å². The number of aromatic nitrogens is 2. The molecule has 0 radical (unpaired) electrons. The standard InChI is InChI=1S/2C24H19N5O10S4.2Na/c2*25-24-26-10(7-42-24)17(28-39-4-15(33)34)20(35)27-18-21(36)29-19(23(37)38)8(6-41-22(18)29)5-40-16-3-11(30)9-1-12(31)13(32)2-14(9)43-16;;/h2*1-3,7,18,22,31-32H,4-6H2,(H2,25,26)(H,27,35)(H,33,34)(H,37,38);;/q;;2*+1/p-2/b2*28-17-;;/t2*18-,22-;;/m11../s1. The first-order valence-corrected chi connectivity index (χ1v) is 31.2. The fraction of sp³-hybridized carbons (Fsp3) is 0.208. The van der Waals surface area contributed by atoms with Crippen LogP contribution in [0.25, 0.3) is 20.2 Å². The van der Waals surface area contributed by atoms with Gasteiger partial charge in [0.2, 0.25) is 13.2 Å². The van der Waals surface area contributed by atoms with Gasteiger partial charge >= 0.3 is 71.1 Å². The van der Waals surface area contributed by atoms with Crippen LogP contribution < -0.4 is 102 Å². The van der Waals surface area contributed by atoms with Crippen molar-refractivity contribution in [2.45, 2.75) is 31.2 Å².